The monoisotopic (exact) mass is 302 g/mol. The topological polar surface area (TPSA) is 58.0 Å². The average molecular weight is 302 g/mol. The molecule has 0 saturated carbocycles. The van der Waals surface area contributed by atoms with Gasteiger partial charge in [-0.15, -0.1) is 0 Å². The molecule has 0 spiro atoms. The first-order chi connectivity index (χ1) is 10.4. The van der Waals surface area contributed by atoms with Gasteiger partial charge in [-0.2, -0.15) is 5.10 Å². The number of H-pyrrole nitrogens is 1. The van der Waals surface area contributed by atoms with Crippen LogP contribution in [0.5, 0.6) is 0 Å². The second kappa shape index (κ2) is 5.54. The molecule has 1 atom stereocenters. The highest BCUT2D eigenvalue weighted by Crippen LogP contribution is 2.36. The van der Waals surface area contributed by atoms with E-state index in [-0.39, 0.29) is 5.41 Å². The third kappa shape index (κ3) is 2.82. The van der Waals surface area contributed by atoms with Gasteiger partial charge in [0.15, 0.2) is 0 Å². The highest BCUT2D eigenvalue weighted by molar-refractivity contribution is 5.26. The van der Waals surface area contributed by atoms with Gasteiger partial charge in [-0.3, -0.25) is 10.00 Å². The van der Waals surface area contributed by atoms with Crippen molar-refractivity contribution in [2.45, 2.75) is 65.5 Å². The second-order valence-corrected chi connectivity index (χ2v) is 7.39. The maximum Gasteiger partial charge on any atom is 0.138 e. The van der Waals surface area contributed by atoms with Crippen molar-refractivity contribution in [1.29, 1.82) is 0 Å². The molecule has 22 heavy (non-hydrogen) atoms. The van der Waals surface area contributed by atoms with Gasteiger partial charge in [0.2, 0.25) is 0 Å². The van der Waals surface area contributed by atoms with E-state index < -0.39 is 0 Å². The molecule has 2 aromatic rings. The van der Waals surface area contributed by atoms with Crippen molar-refractivity contribution in [3.8, 4) is 0 Å². The number of aromatic nitrogens is 3. The maximum absolute atomic E-state index is 5.36. The Labute approximate surface area is 132 Å². The fourth-order valence-corrected chi connectivity index (χ4v) is 3.35. The number of hydrogen-bond donors (Lipinski definition) is 1. The Hall–Kier alpha value is -1.62. The lowest BCUT2D eigenvalue weighted by Gasteiger charge is -2.23. The number of likely N-dealkylation sites (tertiary alicyclic amines) is 1. The predicted molar refractivity (Wildman–Crippen MR) is 85.6 cm³/mol. The van der Waals surface area contributed by atoms with Crippen LogP contribution in [0.25, 0.3) is 0 Å². The van der Waals surface area contributed by atoms with E-state index in [1.54, 1.807) is 0 Å². The summed E-state index contributed by atoms with van der Waals surface area (Å²) in [5.41, 5.74) is 4.68. The minimum Gasteiger partial charge on any atom is -0.361 e. The lowest BCUT2D eigenvalue weighted by atomic mass is 9.92. The fourth-order valence-electron chi connectivity index (χ4n) is 3.35. The molecule has 2 aromatic heterocycles. The van der Waals surface area contributed by atoms with Crippen molar-refractivity contribution >= 4 is 0 Å². The highest BCUT2D eigenvalue weighted by atomic mass is 16.5. The first kappa shape index (κ1) is 15.3. The molecule has 5 heteroatoms. The quantitative estimate of drug-likeness (QED) is 0.940. The van der Waals surface area contributed by atoms with Crippen molar-refractivity contribution in [1.82, 2.24) is 20.3 Å². The van der Waals surface area contributed by atoms with E-state index in [2.05, 4.69) is 47.1 Å². The third-order valence-corrected chi connectivity index (χ3v) is 4.56. The van der Waals surface area contributed by atoms with Crippen LogP contribution in [0.1, 0.15) is 68.1 Å². The Kier molecular flexibility index (Phi) is 3.85. The zero-order chi connectivity index (χ0) is 15.9. The normalized spacial score (nSPS) is 20.0. The molecule has 1 fully saturated rings. The summed E-state index contributed by atoms with van der Waals surface area (Å²) >= 11 is 0. The minimum absolute atomic E-state index is 0.0841. The van der Waals surface area contributed by atoms with Crippen LogP contribution in [0, 0.1) is 13.8 Å². The van der Waals surface area contributed by atoms with E-state index in [9.17, 15) is 0 Å². The predicted octanol–water partition coefficient (Wildman–Crippen LogP) is 3.65. The summed E-state index contributed by atoms with van der Waals surface area (Å²) in [7, 11) is 0. The molecular formula is C17H26N4O. The largest absolute Gasteiger partial charge is 0.361 e. The molecule has 3 rings (SSSR count). The zero-order valence-electron chi connectivity index (χ0n) is 14.2. The van der Waals surface area contributed by atoms with Crippen LogP contribution >= 0.6 is 0 Å². The van der Waals surface area contributed by atoms with Crippen molar-refractivity contribution in [3.63, 3.8) is 0 Å². The van der Waals surface area contributed by atoms with Gasteiger partial charge in [0.25, 0.3) is 0 Å². The molecule has 0 radical (unpaired) electrons. The van der Waals surface area contributed by atoms with Crippen LogP contribution in [-0.4, -0.2) is 26.8 Å². The SMILES string of the molecule is Cc1noc(C)c1C1CCCN1Cc1cc(C(C)(C)C)n[nH]1. The molecule has 0 aliphatic carbocycles. The van der Waals surface area contributed by atoms with Gasteiger partial charge in [0.1, 0.15) is 5.76 Å². The molecule has 1 saturated heterocycles. The molecule has 3 heterocycles. The van der Waals surface area contributed by atoms with Gasteiger partial charge in [0.05, 0.1) is 11.4 Å². The summed E-state index contributed by atoms with van der Waals surface area (Å²) in [6, 6.07) is 2.61. The molecule has 0 bridgehead atoms. The van der Waals surface area contributed by atoms with E-state index >= 15 is 0 Å². The van der Waals surface area contributed by atoms with Crippen LogP contribution in [0.3, 0.4) is 0 Å². The van der Waals surface area contributed by atoms with Crippen molar-refractivity contribution < 1.29 is 4.52 Å². The van der Waals surface area contributed by atoms with Gasteiger partial charge in [-0.25, -0.2) is 0 Å². The van der Waals surface area contributed by atoms with Crippen molar-refractivity contribution in [3.05, 3.63) is 34.5 Å². The van der Waals surface area contributed by atoms with Gasteiger partial charge < -0.3 is 4.52 Å². The number of hydrogen-bond acceptors (Lipinski definition) is 4. The maximum atomic E-state index is 5.36. The molecule has 1 N–H and O–H groups in total. The molecule has 1 aliphatic rings. The number of aryl methyl sites for hydroxylation is 2. The number of aromatic amines is 1. The molecule has 0 amide bonds. The van der Waals surface area contributed by atoms with Crippen molar-refractivity contribution in [2.24, 2.45) is 0 Å². The summed E-state index contributed by atoms with van der Waals surface area (Å²) in [5, 5.41) is 11.8. The summed E-state index contributed by atoms with van der Waals surface area (Å²) in [5.74, 6) is 0.953. The van der Waals surface area contributed by atoms with Gasteiger partial charge in [-0.05, 0) is 39.3 Å². The second-order valence-electron chi connectivity index (χ2n) is 7.39. The van der Waals surface area contributed by atoms with E-state index in [0.29, 0.717) is 6.04 Å². The first-order valence-corrected chi connectivity index (χ1v) is 8.08. The lowest BCUT2D eigenvalue weighted by molar-refractivity contribution is 0.242. The lowest BCUT2D eigenvalue weighted by Crippen LogP contribution is -2.23. The zero-order valence-corrected chi connectivity index (χ0v) is 14.2. The number of rotatable bonds is 3. The van der Waals surface area contributed by atoms with Crippen LogP contribution in [0.15, 0.2) is 10.6 Å². The molecule has 5 nitrogen and oxygen atoms in total. The van der Waals surface area contributed by atoms with E-state index in [4.69, 9.17) is 4.52 Å². The fraction of sp³-hybridized carbons (Fsp3) is 0.647. The van der Waals surface area contributed by atoms with E-state index in [1.165, 1.54) is 24.1 Å². The summed E-state index contributed by atoms with van der Waals surface area (Å²) in [6.45, 7) is 12.6. The molecule has 120 valence electrons. The Morgan fingerprint density at radius 2 is 2.14 bits per heavy atom. The molecule has 0 aromatic carbocycles. The number of nitrogens with one attached hydrogen (secondary N) is 1. The minimum atomic E-state index is 0.0841. The first-order valence-electron chi connectivity index (χ1n) is 8.08. The highest BCUT2D eigenvalue weighted by Gasteiger charge is 2.31. The number of nitrogens with zero attached hydrogens (tertiary/aromatic N) is 3. The molecular weight excluding hydrogens is 276 g/mol. The van der Waals surface area contributed by atoms with Crippen LogP contribution < -0.4 is 0 Å². The van der Waals surface area contributed by atoms with Crippen molar-refractivity contribution in [2.75, 3.05) is 6.54 Å². The van der Waals surface area contributed by atoms with Crippen LogP contribution in [0.4, 0.5) is 0 Å². The summed E-state index contributed by atoms with van der Waals surface area (Å²) in [4.78, 5) is 2.51. The standard InChI is InChI=1S/C17H26N4O/c1-11-16(12(2)22-20-11)14-7-6-8-21(14)10-13-9-15(19-18-13)17(3,4)5/h9,14H,6-8,10H2,1-5H3,(H,18,19). The average Bonchev–Trinajstić information content (AvgIpc) is 3.12. The van der Waals surface area contributed by atoms with Gasteiger partial charge >= 0.3 is 0 Å². The van der Waals surface area contributed by atoms with Crippen LogP contribution in [-0.2, 0) is 12.0 Å². The van der Waals surface area contributed by atoms with E-state index in [0.717, 1.165) is 30.2 Å². The Balaban J connectivity index is 1.78. The smallest absolute Gasteiger partial charge is 0.138 e. The van der Waals surface area contributed by atoms with E-state index in [1.807, 2.05) is 13.8 Å². The Bertz CT molecular complexity index is 630. The Morgan fingerprint density at radius 1 is 1.36 bits per heavy atom. The van der Waals surface area contributed by atoms with Crippen LogP contribution in [0.2, 0.25) is 0 Å². The van der Waals surface area contributed by atoms with Gasteiger partial charge in [-0.1, -0.05) is 25.9 Å². The van der Waals surface area contributed by atoms with Gasteiger partial charge in [0, 0.05) is 29.3 Å². The molecule has 1 unspecified atom stereocenters. The molecule has 1 aliphatic heterocycles. The summed E-state index contributed by atoms with van der Waals surface area (Å²) in [6.07, 6.45) is 2.39. The summed E-state index contributed by atoms with van der Waals surface area (Å²) < 4.78 is 5.36. The Morgan fingerprint density at radius 3 is 2.73 bits per heavy atom. The third-order valence-electron chi connectivity index (χ3n) is 4.56.